The van der Waals surface area contributed by atoms with E-state index >= 15 is 0 Å². The van der Waals surface area contributed by atoms with Gasteiger partial charge < -0.3 is 5.32 Å². The normalized spacial score (nSPS) is 16.3. The van der Waals surface area contributed by atoms with Crippen LogP contribution in [0.15, 0.2) is 30.7 Å². The molecule has 0 bridgehead atoms. The molecule has 1 saturated heterocycles. The van der Waals surface area contributed by atoms with E-state index < -0.39 is 0 Å². The van der Waals surface area contributed by atoms with Gasteiger partial charge in [0.2, 0.25) is 5.91 Å². The molecule has 2 aromatic rings. The summed E-state index contributed by atoms with van der Waals surface area (Å²) in [6, 6.07) is 5.53. The van der Waals surface area contributed by atoms with Gasteiger partial charge in [-0.15, -0.1) is 0 Å². The lowest BCUT2D eigenvalue weighted by molar-refractivity contribution is -0.121. The predicted molar refractivity (Wildman–Crippen MR) is 95.7 cm³/mol. The Balaban J connectivity index is 1.49. The highest BCUT2D eigenvalue weighted by atomic mass is 16.1. The van der Waals surface area contributed by atoms with Gasteiger partial charge >= 0.3 is 0 Å². The van der Waals surface area contributed by atoms with Crippen LogP contribution in [-0.4, -0.2) is 43.6 Å². The molecule has 0 aliphatic carbocycles. The smallest absolute Gasteiger partial charge is 0.228 e. The molecule has 0 radical (unpaired) electrons. The first-order chi connectivity index (χ1) is 12.1. The lowest BCUT2D eigenvalue weighted by atomic mass is 9.96. The minimum atomic E-state index is 0.0480. The van der Waals surface area contributed by atoms with Crippen molar-refractivity contribution in [2.45, 2.75) is 39.8 Å². The Labute approximate surface area is 148 Å². The van der Waals surface area contributed by atoms with E-state index in [-0.39, 0.29) is 11.8 Å². The van der Waals surface area contributed by atoms with Gasteiger partial charge in [0.1, 0.15) is 18.0 Å². The van der Waals surface area contributed by atoms with Crippen molar-refractivity contribution >= 4 is 11.7 Å². The predicted octanol–water partition coefficient (Wildman–Crippen LogP) is 2.18. The first-order valence-corrected chi connectivity index (χ1v) is 8.92. The van der Waals surface area contributed by atoms with Gasteiger partial charge in [0.05, 0.1) is 6.54 Å². The number of piperidine rings is 1. The molecule has 0 atom stereocenters. The van der Waals surface area contributed by atoms with Crippen LogP contribution < -0.4 is 5.32 Å². The molecule has 0 spiro atoms. The number of aromatic nitrogens is 4. The minimum Gasteiger partial charge on any atom is -0.310 e. The number of nitrogens with zero attached hydrogens (tertiary/aromatic N) is 5. The van der Waals surface area contributed by atoms with Crippen LogP contribution in [0.3, 0.4) is 0 Å². The second kappa shape index (κ2) is 8.20. The number of amides is 1. The summed E-state index contributed by atoms with van der Waals surface area (Å²) in [5.74, 6) is 2.29. The SMILES string of the molecule is CC(C)Cn1ncnc1CN1CCC(C(=O)Nc2ccccn2)CC1. The van der Waals surface area contributed by atoms with Crippen molar-refractivity contribution in [3.63, 3.8) is 0 Å². The third kappa shape index (κ3) is 4.85. The van der Waals surface area contributed by atoms with E-state index in [1.807, 2.05) is 22.9 Å². The average molecular weight is 342 g/mol. The molecule has 1 aliphatic rings. The minimum absolute atomic E-state index is 0.0480. The molecule has 1 N–H and O–H groups in total. The average Bonchev–Trinajstić information content (AvgIpc) is 3.02. The van der Waals surface area contributed by atoms with E-state index in [0.717, 1.165) is 44.8 Å². The molecule has 7 nitrogen and oxygen atoms in total. The van der Waals surface area contributed by atoms with E-state index in [4.69, 9.17) is 0 Å². The molecular formula is C18H26N6O. The number of carbonyl (C=O) groups is 1. The summed E-state index contributed by atoms with van der Waals surface area (Å²) in [6.45, 7) is 7.83. The largest absolute Gasteiger partial charge is 0.310 e. The lowest BCUT2D eigenvalue weighted by Gasteiger charge is -2.30. The molecule has 3 heterocycles. The monoisotopic (exact) mass is 342 g/mol. The number of likely N-dealkylation sites (tertiary alicyclic amines) is 1. The van der Waals surface area contributed by atoms with Crippen LogP contribution in [0, 0.1) is 11.8 Å². The van der Waals surface area contributed by atoms with Gasteiger partial charge in [-0.25, -0.2) is 14.6 Å². The van der Waals surface area contributed by atoms with Crippen LogP contribution in [0.25, 0.3) is 0 Å². The second-order valence-corrected chi connectivity index (χ2v) is 7.01. The highest BCUT2D eigenvalue weighted by Crippen LogP contribution is 2.20. The zero-order valence-corrected chi connectivity index (χ0v) is 14.9. The Kier molecular flexibility index (Phi) is 5.75. The molecule has 1 amide bonds. The van der Waals surface area contributed by atoms with E-state index in [0.29, 0.717) is 11.7 Å². The molecule has 2 aromatic heterocycles. The van der Waals surface area contributed by atoms with Crippen LogP contribution in [0.2, 0.25) is 0 Å². The van der Waals surface area contributed by atoms with Gasteiger partial charge in [-0.1, -0.05) is 19.9 Å². The van der Waals surface area contributed by atoms with Gasteiger partial charge in [0.15, 0.2) is 0 Å². The molecule has 1 aliphatic heterocycles. The summed E-state index contributed by atoms with van der Waals surface area (Å²) in [5.41, 5.74) is 0. The Morgan fingerprint density at radius 3 is 2.76 bits per heavy atom. The molecule has 134 valence electrons. The van der Waals surface area contributed by atoms with Gasteiger partial charge in [-0.05, 0) is 44.0 Å². The third-order valence-corrected chi connectivity index (χ3v) is 4.47. The fraction of sp³-hybridized carbons (Fsp3) is 0.556. The number of carbonyl (C=O) groups excluding carboxylic acids is 1. The number of nitrogens with one attached hydrogen (secondary N) is 1. The fourth-order valence-corrected chi connectivity index (χ4v) is 3.13. The summed E-state index contributed by atoms with van der Waals surface area (Å²) >= 11 is 0. The van der Waals surface area contributed by atoms with Crippen molar-refractivity contribution in [1.82, 2.24) is 24.6 Å². The fourth-order valence-electron chi connectivity index (χ4n) is 3.13. The molecule has 0 saturated carbocycles. The van der Waals surface area contributed by atoms with Crippen molar-refractivity contribution in [1.29, 1.82) is 0 Å². The lowest BCUT2D eigenvalue weighted by Crippen LogP contribution is -2.38. The van der Waals surface area contributed by atoms with Crippen molar-refractivity contribution in [2.75, 3.05) is 18.4 Å². The zero-order valence-electron chi connectivity index (χ0n) is 14.9. The van der Waals surface area contributed by atoms with Crippen LogP contribution in [0.4, 0.5) is 5.82 Å². The maximum Gasteiger partial charge on any atom is 0.228 e. The summed E-state index contributed by atoms with van der Waals surface area (Å²) in [5, 5.41) is 7.23. The molecule has 1 fully saturated rings. The Hall–Kier alpha value is -2.28. The molecule has 0 aromatic carbocycles. The van der Waals surface area contributed by atoms with Crippen LogP contribution in [0.1, 0.15) is 32.5 Å². The maximum atomic E-state index is 12.4. The van der Waals surface area contributed by atoms with Crippen molar-refractivity contribution < 1.29 is 4.79 Å². The Morgan fingerprint density at radius 1 is 1.28 bits per heavy atom. The number of pyridine rings is 1. The van der Waals surface area contributed by atoms with E-state index in [9.17, 15) is 4.79 Å². The van der Waals surface area contributed by atoms with Crippen molar-refractivity contribution in [2.24, 2.45) is 11.8 Å². The Morgan fingerprint density at radius 2 is 2.08 bits per heavy atom. The molecule has 7 heteroatoms. The number of anilines is 1. The topological polar surface area (TPSA) is 75.9 Å². The first-order valence-electron chi connectivity index (χ1n) is 8.92. The second-order valence-electron chi connectivity index (χ2n) is 7.01. The summed E-state index contributed by atoms with van der Waals surface area (Å²) in [4.78, 5) is 23.3. The molecule has 25 heavy (non-hydrogen) atoms. The quantitative estimate of drug-likeness (QED) is 0.871. The summed E-state index contributed by atoms with van der Waals surface area (Å²) in [6.07, 6.45) is 5.03. The number of hydrogen-bond acceptors (Lipinski definition) is 5. The number of hydrogen-bond donors (Lipinski definition) is 1. The van der Waals surface area contributed by atoms with E-state index in [1.54, 1.807) is 12.5 Å². The molecule has 3 rings (SSSR count). The van der Waals surface area contributed by atoms with Gasteiger partial charge in [-0.2, -0.15) is 5.10 Å². The van der Waals surface area contributed by atoms with E-state index in [1.165, 1.54) is 0 Å². The van der Waals surface area contributed by atoms with Gasteiger partial charge in [0.25, 0.3) is 0 Å². The van der Waals surface area contributed by atoms with Crippen molar-refractivity contribution in [3.05, 3.63) is 36.5 Å². The third-order valence-electron chi connectivity index (χ3n) is 4.47. The van der Waals surface area contributed by atoms with Crippen LogP contribution in [0.5, 0.6) is 0 Å². The van der Waals surface area contributed by atoms with Crippen LogP contribution >= 0.6 is 0 Å². The highest BCUT2D eigenvalue weighted by molar-refractivity contribution is 5.91. The van der Waals surface area contributed by atoms with Crippen LogP contribution in [-0.2, 0) is 17.9 Å². The highest BCUT2D eigenvalue weighted by Gasteiger charge is 2.26. The van der Waals surface area contributed by atoms with Gasteiger partial charge in [-0.3, -0.25) is 9.69 Å². The molecule has 0 unspecified atom stereocenters. The summed E-state index contributed by atoms with van der Waals surface area (Å²) < 4.78 is 1.99. The summed E-state index contributed by atoms with van der Waals surface area (Å²) in [7, 11) is 0. The van der Waals surface area contributed by atoms with Crippen molar-refractivity contribution in [3.8, 4) is 0 Å². The zero-order chi connectivity index (χ0) is 17.6. The van der Waals surface area contributed by atoms with Gasteiger partial charge in [0, 0.05) is 18.7 Å². The number of rotatable bonds is 6. The standard InChI is InChI=1S/C18H26N6O/c1-14(2)11-24-17(20-13-21-24)12-23-9-6-15(7-10-23)18(25)22-16-5-3-4-8-19-16/h3-5,8,13-15H,6-7,9-12H2,1-2H3,(H,19,22,25). The van der Waals surface area contributed by atoms with E-state index in [2.05, 4.69) is 39.1 Å². The molecular weight excluding hydrogens is 316 g/mol. The maximum absolute atomic E-state index is 12.4. The Bertz CT molecular complexity index is 676. The first kappa shape index (κ1) is 17.5.